The molecule has 0 saturated heterocycles. The zero-order valence-corrected chi connectivity index (χ0v) is 9.70. The van der Waals surface area contributed by atoms with Gasteiger partial charge in [-0.2, -0.15) is 0 Å². The van der Waals surface area contributed by atoms with Crippen LogP contribution in [0, 0.1) is 0 Å². The van der Waals surface area contributed by atoms with Gasteiger partial charge in [-0.05, 0) is 19.5 Å². The summed E-state index contributed by atoms with van der Waals surface area (Å²) in [7, 11) is 0. The number of unbranched alkanes of at least 4 members (excludes halogenated alkanes) is 2. The monoisotopic (exact) mass is 202 g/mol. The van der Waals surface area contributed by atoms with Crippen molar-refractivity contribution in [2.75, 3.05) is 19.6 Å². The summed E-state index contributed by atoms with van der Waals surface area (Å²) < 4.78 is 0. The molecule has 0 unspecified atom stereocenters. The van der Waals surface area contributed by atoms with Gasteiger partial charge in [0.1, 0.15) is 0 Å². The van der Waals surface area contributed by atoms with E-state index >= 15 is 0 Å². The number of rotatable bonds is 8. The highest BCUT2D eigenvalue weighted by molar-refractivity contribution is 7.80. The van der Waals surface area contributed by atoms with Crippen LogP contribution in [0.25, 0.3) is 0 Å². The van der Waals surface area contributed by atoms with E-state index in [-0.39, 0.29) is 0 Å². The number of hydrogen-bond donors (Lipinski definition) is 1. The minimum absolute atomic E-state index is 0.633. The van der Waals surface area contributed by atoms with Gasteiger partial charge in [0.25, 0.3) is 0 Å². The average Bonchev–Trinajstić information content (AvgIpc) is 2.10. The first-order chi connectivity index (χ1) is 6.20. The van der Waals surface area contributed by atoms with Crippen molar-refractivity contribution in [3.8, 4) is 0 Å². The van der Waals surface area contributed by atoms with Crippen LogP contribution in [-0.4, -0.2) is 29.5 Å². The Labute approximate surface area is 87.5 Å². The summed E-state index contributed by atoms with van der Waals surface area (Å²) in [6.45, 7) is 7.73. The predicted octanol–water partition coefficient (Wildman–Crippen LogP) is 2.17. The van der Waals surface area contributed by atoms with Gasteiger partial charge in [0.05, 0.1) is 4.99 Å². The summed E-state index contributed by atoms with van der Waals surface area (Å²) in [6, 6.07) is 0. The van der Waals surface area contributed by atoms with E-state index in [9.17, 15) is 0 Å². The number of nitrogens with zero attached hydrogens (tertiary/aromatic N) is 1. The molecule has 0 fully saturated rings. The normalized spacial score (nSPS) is 10.7. The second-order valence-corrected chi connectivity index (χ2v) is 3.88. The van der Waals surface area contributed by atoms with Crippen molar-refractivity contribution in [1.29, 1.82) is 0 Å². The number of thiocarbonyl (C=S) groups is 1. The maximum Gasteiger partial charge on any atom is 0.0740 e. The molecule has 13 heavy (non-hydrogen) atoms. The summed E-state index contributed by atoms with van der Waals surface area (Å²) in [6.07, 6.45) is 4.76. The Balaban J connectivity index is 3.45. The Morgan fingerprint density at radius 2 is 1.92 bits per heavy atom. The Morgan fingerprint density at radius 3 is 2.38 bits per heavy atom. The summed E-state index contributed by atoms with van der Waals surface area (Å²) in [5.74, 6) is 0. The highest BCUT2D eigenvalue weighted by Gasteiger charge is 2.01. The van der Waals surface area contributed by atoms with Crippen LogP contribution in [0.3, 0.4) is 0 Å². The summed E-state index contributed by atoms with van der Waals surface area (Å²) >= 11 is 4.85. The number of nitrogens with two attached hydrogens (primary N) is 1. The van der Waals surface area contributed by atoms with Gasteiger partial charge in [0.2, 0.25) is 0 Å². The van der Waals surface area contributed by atoms with Crippen molar-refractivity contribution in [1.82, 2.24) is 4.90 Å². The standard InChI is InChI=1S/C10H22N2S/c1-3-5-6-8-12(4-2)9-7-10(11)13/h3-9H2,1-2H3,(H2,11,13). The third kappa shape index (κ3) is 8.19. The molecule has 0 rings (SSSR count). The molecule has 0 radical (unpaired) electrons. The second-order valence-electron chi connectivity index (χ2n) is 3.36. The molecule has 0 saturated carbocycles. The Kier molecular flexibility index (Phi) is 8.35. The van der Waals surface area contributed by atoms with Crippen molar-refractivity contribution < 1.29 is 0 Å². The van der Waals surface area contributed by atoms with E-state index in [1.54, 1.807) is 0 Å². The summed E-state index contributed by atoms with van der Waals surface area (Å²) in [5, 5.41) is 0. The molecule has 2 N–H and O–H groups in total. The quantitative estimate of drug-likeness (QED) is 0.483. The summed E-state index contributed by atoms with van der Waals surface area (Å²) in [5.41, 5.74) is 5.46. The Morgan fingerprint density at radius 1 is 1.23 bits per heavy atom. The van der Waals surface area contributed by atoms with E-state index in [0.717, 1.165) is 19.5 Å². The second kappa shape index (κ2) is 8.45. The largest absolute Gasteiger partial charge is 0.393 e. The molecule has 0 spiro atoms. The highest BCUT2D eigenvalue weighted by Crippen LogP contribution is 1.99. The van der Waals surface area contributed by atoms with Crippen molar-refractivity contribution in [3.05, 3.63) is 0 Å². The maximum absolute atomic E-state index is 5.46. The minimum Gasteiger partial charge on any atom is -0.393 e. The van der Waals surface area contributed by atoms with Crippen molar-refractivity contribution in [2.45, 2.75) is 39.5 Å². The zero-order chi connectivity index (χ0) is 10.1. The van der Waals surface area contributed by atoms with Gasteiger partial charge >= 0.3 is 0 Å². The molecular weight excluding hydrogens is 180 g/mol. The lowest BCUT2D eigenvalue weighted by Crippen LogP contribution is -2.28. The van der Waals surface area contributed by atoms with E-state index in [1.165, 1.54) is 25.8 Å². The molecule has 0 aromatic rings. The van der Waals surface area contributed by atoms with E-state index in [1.807, 2.05) is 0 Å². The lowest BCUT2D eigenvalue weighted by atomic mass is 10.2. The summed E-state index contributed by atoms with van der Waals surface area (Å²) in [4.78, 5) is 3.04. The van der Waals surface area contributed by atoms with E-state index in [4.69, 9.17) is 18.0 Å². The van der Waals surface area contributed by atoms with Crippen LogP contribution in [0.2, 0.25) is 0 Å². The molecule has 0 amide bonds. The van der Waals surface area contributed by atoms with E-state index in [2.05, 4.69) is 18.7 Å². The molecule has 78 valence electrons. The fourth-order valence-corrected chi connectivity index (χ4v) is 1.37. The van der Waals surface area contributed by atoms with Crippen LogP contribution in [0.15, 0.2) is 0 Å². The lowest BCUT2D eigenvalue weighted by Gasteiger charge is -2.19. The van der Waals surface area contributed by atoms with Crippen LogP contribution < -0.4 is 5.73 Å². The van der Waals surface area contributed by atoms with Gasteiger partial charge in [-0.3, -0.25) is 0 Å². The molecular formula is C10H22N2S. The van der Waals surface area contributed by atoms with E-state index in [0.29, 0.717) is 4.99 Å². The maximum atomic E-state index is 5.46. The van der Waals surface area contributed by atoms with Crippen LogP contribution in [0.4, 0.5) is 0 Å². The van der Waals surface area contributed by atoms with Crippen molar-refractivity contribution >= 4 is 17.2 Å². The van der Waals surface area contributed by atoms with Gasteiger partial charge in [-0.1, -0.05) is 38.9 Å². The Hall–Kier alpha value is -0.150. The van der Waals surface area contributed by atoms with Gasteiger partial charge in [0, 0.05) is 13.0 Å². The topological polar surface area (TPSA) is 29.3 Å². The minimum atomic E-state index is 0.633. The fourth-order valence-electron chi connectivity index (χ4n) is 1.28. The molecule has 2 nitrogen and oxygen atoms in total. The van der Waals surface area contributed by atoms with Crippen LogP contribution in [0.5, 0.6) is 0 Å². The molecule has 0 aliphatic rings. The van der Waals surface area contributed by atoms with E-state index < -0.39 is 0 Å². The molecule has 0 atom stereocenters. The van der Waals surface area contributed by atoms with Gasteiger partial charge in [0.15, 0.2) is 0 Å². The van der Waals surface area contributed by atoms with Gasteiger partial charge in [-0.25, -0.2) is 0 Å². The molecule has 3 heteroatoms. The molecule has 0 aliphatic heterocycles. The smallest absolute Gasteiger partial charge is 0.0740 e. The molecule has 0 bridgehead atoms. The molecule has 0 aromatic heterocycles. The van der Waals surface area contributed by atoms with Gasteiger partial charge < -0.3 is 10.6 Å². The Bertz CT molecular complexity index is 137. The van der Waals surface area contributed by atoms with Crippen molar-refractivity contribution in [3.63, 3.8) is 0 Å². The third-order valence-electron chi connectivity index (χ3n) is 2.20. The van der Waals surface area contributed by atoms with Gasteiger partial charge in [-0.15, -0.1) is 0 Å². The fraction of sp³-hybridized carbons (Fsp3) is 0.900. The first-order valence-electron chi connectivity index (χ1n) is 5.21. The number of hydrogen-bond acceptors (Lipinski definition) is 2. The molecule has 0 aliphatic carbocycles. The highest BCUT2D eigenvalue weighted by atomic mass is 32.1. The zero-order valence-electron chi connectivity index (χ0n) is 8.88. The van der Waals surface area contributed by atoms with Crippen LogP contribution in [-0.2, 0) is 0 Å². The lowest BCUT2D eigenvalue weighted by molar-refractivity contribution is 0.290. The van der Waals surface area contributed by atoms with Crippen LogP contribution in [0.1, 0.15) is 39.5 Å². The predicted molar refractivity (Wildman–Crippen MR) is 63.0 cm³/mol. The SMILES string of the molecule is CCCCCN(CC)CCC(N)=S. The van der Waals surface area contributed by atoms with Crippen molar-refractivity contribution in [2.24, 2.45) is 5.73 Å². The molecule has 0 aromatic carbocycles. The third-order valence-corrected chi connectivity index (χ3v) is 2.40. The molecule has 0 heterocycles. The average molecular weight is 202 g/mol. The first-order valence-corrected chi connectivity index (χ1v) is 5.62. The first kappa shape index (κ1) is 12.8. The van der Waals surface area contributed by atoms with Crippen LogP contribution >= 0.6 is 12.2 Å².